The fourth-order valence-corrected chi connectivity index (χ4v) is 4.02. The Morgan fingerprint density at radius 3 is 2.73 bits per heavy atom. The van der Waals surface area contributed by atoms with Crippen molar-refractivity contribution >= 4 is 46.4 Å². The molecule has 1 N–H and O–H groups in total. The molecule has 3 amide bonds. The lowest BCUT2D eigenvalue weighted by Crippen LogP contribution is -2.45. The van der Waals surface area contributed by atoms with E-state index in [2.05, 4.69) is 5.32 Å². The van der Waals surface area contributed by atoms with Gasteiger partial charge in [0.05, 0.1) is 16.4 Å². The van der Waals surface area contributed by atoms with Crippen LogP contribution in [0.2, 0.25) is 5.02 Å². The van der Waals surface area contributed by atoms with E-state index in [9.17, 15) is 14.4 Å². The van der Waals surface area contributed by atoms with Gasteiger partial charge in [0.2, 0.25) is 11.8 Å². The standard InChI is InChI=1S/C22H22ClN3O4/c1-14-22(29)26(18-5-2-3-6-19(18)30-14)12-10-20(27)24-15-8-9-17(16(23)13-15)25-11-4-7-21(25)28/h2-3,5-6,8-9,13-14H,4,7,10-12H2,1H3,(H,24,27). The zero-order chi connectivity index (χ0) is 21.3. The summed E-state index contributed by atoms with van der Waals surface area (Å²) in [6, 6.07) is 12.4. The van der Waals surface area contributed by atoms with E-state index in [0.717, 1.165) is 6.42 Å². The fourth-order valence-electron chi connectivity index (χ4n) is 3.73. The molecule has 1 fully saturated rings. The smallest absolute Gasteiger partial charge is 0.267 e. The molecule has 1 saturated heterocycles. The van der Waals surface area contributed by atoms with Crippen LogP contribution in [0.15, 0.2) is 42.5 Å². The summed E-state index contributed by atoms with van der Waals surface area (Å²) in [5.74, 6) is 0.270. The maximum Gasteiger partial charge on any atom is 0.267 e. The molecule has 0 bridgehead atoms. The predicted molar refractivity (Wildman–Crippen MR) is 115 cm³/mol. The van der Waals surface area contributed by atoms with Gasteiger partial charge in [-0.15, -0.1) is 0 Å². The van der Waals surface area contributed by atoms with Crippen molar-refractivity contribution < 1.29 is 19.1 Å². The molecular weight excluding hydrogens is 406 g/mol. The van der Waals surface area contributed by atoms with Crippen molar-refractivity contribution in [2.75, 3.05) is 28.2 Å². The van der Waals surface area contributed by atoms with Crippen LogP contribution in [-0.2, 0) is 14.4 Å². The summed E-state index contributed by atoms with van der Waals surface area (Å²) >= 11 is 6.34. The van der Waals surface area contributed by atoms with Crippen LogP contribution >= 0.6 is 11.6 Å². The molecule has 2 heterocycles. The van der Waals surface area contributed by atoms with Crippen LogP contribution in [0.3, 0.4) is 0 Å². The van der Waals surface area contributed by atoms with Gasteiger partial charge in [0.15, 0.2) is 6.10 Å². The second kappa shape index (κ2) is 8.36. The van der Waals surface area contributed by atoms with Crippen molar-refractivity contribution in [3.8, 4) is 5.75 Å². The lowest BCUT2D eigenvalue weighted by Gasteiger charge is -2.32. The first-order chi connectivity index (χ1) is 14.4. The van der Waals surface area contributed by atoms with E-state index in [0.29, 0.717) is 40.8 Å². The third kappa shape index (κ3) is 3.98. The molecule has 2 aromatic carbocycles. The zero-order valence-corrected chi connectivity index (χ0v) is 17.3. The Labute approximate surface area is 179 Å². The molecule has 156 valence electrons. The van der Waals surface area contributed by atoms with Crippen LogP contribution in [0.25, 0.3) is 0 Å². The largest absolute Gasteiger partial charge is 0.479 e. The number of rotatable bonds is 5. The van der Waals surface area contributed by atoms with Crippen LogP contribution in [-0.4, -0.2) is 36.9 Å². The minimum Gasteiger partial charge on any atom is -0.479 e. The Bertz CT molecular complexity index is 1010. The number of halogens is 1. The summed E-state index contributed by atoms with van der Waals surface area (Å²) in [7, 11) is 0. The average Bonchev–Trinajstić information content (AvgIpc) is 3.14. The maximum atomic E-state index is 12.5. The highest BCUT2D eigenvalue weighted by Crippen LogP contribution is 2.34. The predicted octanol–water partition coefficient (Wildman–Crippen LogP) is 3.61. The Morgan fingerprint density at radius 1 is 1.20 bits per heavy atom. The van der Waals surface area contributed by atoms with Gasteiger partial charge >= 0.3 is 0 Å². The zero-order valence-electron chi connectivity index (χ0n) is 16.6. The van der Waals surface area contributed by atoms with E-state index in [-0.39, 0.29) is 30.7 Å². The minimum atomic E-state index is -0.595. The molecule has 7 nitrogen and oxygen atoms in total. The molecule has 2 aliphatic rings. The van der Waals surface area contributed by atoms with E-state index in [1.165, 1.54) is 0 Å². The lowest BCUT2D eigenvalue weighted by atomic mass is 10.1. The first-order valence-corrected chi connectivity index (χ1v) is 10.3. The number of anilines is 3. The normalized spacial score (nSPS) is 18.3. The van der Waals surface area contributed by atoms with Crippen molar-refractivity contribution in [2.45, 2.75) is 32.3 Å². The highest BCUT2D eigenvalue weighted by atomic mass is 35.5. The lowest BCUT2D eigenvalue weighted by molar-refractivity contribution is -0.125. The summed E-state index contributed by atoms with van der Waals surface area (Å²) in [4.78, 5) is 40.1. The number of carbonyl (C=O) groups is 3. The first kappa shape index (κ1) is 20.2. The molecule has 30 heavy (non-hydrogen) atoms. The number of nitrogens with zero attached hydrogens (tertiary/aromatic N) is 2. The number of nitrogens with one attached hydrogen (secondary N) is 1. The van der Waals surface area contributed by atoms with Crippen LogP contribution in [0, 0.1) is 0 Å². The molecule has 2 aromatic rings. The van der Waals surface area contributed by atoms with Crippen molar-refractivity contribution in [3.05, 3.63) is 47.5 Å². The molecule has 0 saturated carbocycles. The number of para-hydroxylation sites is 2. The van der Waals surface area contributed by atoms with E-state index in [1.54, 1.807) is 47.1 Å². The Balaban J connectivity index is 1.40. The molecule has 0 aliphatic carbocycles. The van der Waals surface area contributed by atoms with Crippen LogP contribution < -0.4 is 19.9 Å². The van der Waals surface area contributed by atoms with E-state index in [1.807, 2.05) is 12.1 Å². The SMILES string of the molecule is CC1Oc2ccccc2N(CCC(=O)Nc2ccc(N3CCCC3=O)c(Cl)c2)C1=O. The van der Waals surface area contributed by atoms with E-state index < -0.39 is 6.10 Å². The molecule has 1 atom stereocenters. The number of hydrogen-bond acceptors (Lipinski definition) is 4. The second-order valence-electron chi connectivity index (χ2n) is 7.33. The molecule has 2 aliphatic heterocycles. The number of fused-ring (bicyclic) bond motifs is 1. The summed E-state index contributed by atoms with van der Waals surface area (Å²) in [6.07, 6.45) is 0.867. The summed E-state index contributed by atoms with van der Waals surface area (Å²) < 4.78 is 5.62. The first-order valence-electron chi connectivity index (χ1n) is 9.91. The maximum absolute atomic E-state index is 12.5. The number of amides is 3. The number of ether oxygens (including phenoxy) is 1. The van der Waals surface area contributed by atoms with Gasteiger partial charge in [-0.25, -0.2) is 0 Å². The summed E-state index contributed by atoms with van der Waals surface area (Å²) in [6.45, 7) is 2.58. The second-order valence-corrected chi connectivity index (χ2v) is 7.74. The molecule has 0 aromatic heterocycles. The number of hydrogen-bond donors (Lipinski definition) is 1. The molecule has 4 rings (SSSR count). The van der Waals surface area contributed by atoms with Crippen LogP contribution in [0.5, 0.6) is 5.75 Å². The highest BCUT2D eigenvalue weighted by molar-refractivity contribution is 6.34. The summed E-state index contributed by atoms with van der Waals surface area (Å²) in [5, 5.41) is 3.22. The van der Waals surface area contributed by atoms with E-state index >= 15 is 0 Å². The van der Waals surface area contributed by atoms with Gasteiger partial charge in [-0.1, -0.05) is 23.7 Å². The Morgan fingerprint density at radius 2 is 2.00 bits per heavy atom. The Kier molecular flexibility index (Phi) is 5.63. The van der Waals surface area contributed by atoms with Crippen molar-refractivity contribution in [1.82, 2.24) is 0 Å². The van der Waals surface area contributed by atoms with Crippen LogP contribution in [0.1, 0.15) is 26.2 Å². The van der Waals surface area contributed by atoms with Gasteiger partial charge in [0.25, 0.3) is 5.91 Å². The topological polar surface area (TPSA) is 79.0 Å². The van der Waals surface area contributed by atoms with Gasteiger partial charge in [-0.3, -0.25) is 14.4 Å². The van der Waals surface area contributed by atoms with Crippen LogP contribution in [0.4, 0.5) is 17.1 Å². The third-order valence-corrected chi connectivity index (χ3v) is 5.53. The average molecular weight is 428 g/mol. The van der Waals surface area contributed by atoms with Gasteiger partial charge in [-0.2, -0.15) is 0 Å². The van der Waals surface area contributed by atoms with Gasteiger partial charge in [0, 0.05) is 31.6 Å². The highest BCUT2D eigenvalue weighted by Gasteiger charge is 2.31. The molecule has 0 spiro atoms. The molecule has 0 radical (unpaired) electrons. The van der Waals surface area contributed by atoms with Gasteiger partial charge in [-0.05, 0) is 43.7 Å². The Hall–Kier alpha value is -3.06. The summed E-state index contributed by atoms with van der Waals surface area (Å²) in [5.41, 5.74) is 1.86. The van der Waals surface area contributed by atoms with Gasteiger partial charge in [0.1, 0.15) is 5.75 Å². The molecule has 8 heteroatoms. The van der Waals surface area contributed by atoms with Gasteiger partial charge < -0.3 is 19.9 Å². The number of benzene rings is 2. The van der Waals surface area contributed by atoms with E-state index in [4.69, 9.17) is 16.3 Å². The fraction of sp³-hybridized carbons (Fsp3) is 0.318. The van der Waals surface area contributed by atoms with Crippen molar-refractivity contribution in [1.29, 1.82) is 0 Å². The quantitative estimate of drug-likeness (QED) is 0.790. The molecule has 1 unspecified atom stereocenters. The monoisotopic (exact) mass is 427 g/mol. The number of carbonyl (C=O) groups excluding carboxylic acids is 3. The molecular formula is C22H22ClN3O4. The van der Waals surface area contributed by atoms with Crippen molar-refractivity contribution in [2.24, 2.45) is 0 Å². The van der Waals surface area contributed by atoms with Crippen molar-refractivity contribution in [3.63, 3.8) is 0 Å². The third-order valence-electron chi connectivity index (χ3n) is 5.23. The minimum absolute atomic E-state index is 0.0540.